The Morgan fingerprint density at radius 3 is 2.32 bits per heavy atom. The third-order valence-corrected chi connectivity index (χ3v) is 7.04. The highest BCUT2D eigenvalue weighted by molar-refractivity contribution is 7.99. The maximum absolute atomic E-state index is 13.6. The van der Waals surface area contributed by atoms with Crippen molar-refractivity contribution in [2.45, 2.75) is 30.6 Å². The number of nitrogens with zero attached hydrogens (tertiary/aromatic N) is 1. The SMILES string of the molecule is CC(=O)Nc1ccccc1Sc1ccc2c3c(cccc13)C(=O)N(c1cc(C)ccc1C)C2=O. The molecule has 0 spiro atoms. The number of carbonyl (C=O) groups is 3. The van der Waals surface area contributed by atoms with Gasteiger partial charge in [-0.2, -0.15) is 0 Å². The quantitative estimate of drug-likeness (QED) is 0.355. The molecule has 0 saturated heterocycles. The number of hydrogen-bond donors (Lipinski definition) is 1. The van der Waals surface area contributed by atoms with E-state index in [1.807, 2.05) is 74.5 Å². The second kappa shape index (κ2) is 8.47. The summed E-state index contributed by atoms with van der Waals surface area (Å²) in [5.41, 5.74) is 4.18. The van der Waals surface area contributed by atoms with Gasteiger partial charge in [-0.25, -0.2) is 4.90 Å². The predicted molar refractivity (Wildman–Crippen MR) is 136 cm³/mol. The molecule has 5 rings (SSSR count). The first-order valence-electron chi connectivity index (χ1n) is 10.9. The molecule has 0 saturated carbocycles. The molecule has 1 N–H and O–H groups in total. The van der Waals surface area contributed by atoms with E-state index in [1.54, 1.807) is 12.1 Å². The van der Waals surface area contributed by atoms with Crippen molar-refractivity contribution in [2.24, 2.45) is 0 Å². The molecule has 6 heteroatoms. The number of amides is 3. The maximum atomic E-state index is 13.6. The first kappa shape index (κ1) is 21.9. The predicted octanol–water partition coefficient (Wildman–Crippen LogP) is 6.37. The summed E-state index contributed by atoms with van der Waals surface area (Å²) in [7, 11) is 0. The molecule has 0 fully saturated rings. The van der Waals surface area contributed by atoms with Crippen LogP contribution in [-0.2, 0) is 4.79 Å². The fourth-order valence-corrected chi connectivity index (χ4v) is 5.33. The smallest absolute Gasteiger partial charge is 0.265 e. The molecule has 0 bridgehead atoms. The van der Waals surface area contributed by atoms with Crippen LogP contribution < -0.4 is 10.2 Å². The Morgan fingerprint density at radius 1 is 0.824 bits per heavy atom. The number of anilines is 2. The van der Waals surface area contributed by atoms with E-state index in [2.05, 4.69) is 5.32 Å². The number of nitrogens with one attached hydrogen (secondary N) is 1. The number of aryl methyl sites for hydroxylation is 2. The van der Waals surface area contributed by atoms with Crippen LogP contribution in [0.15, 0.2) is 82.6 Å². The molecule has 4 aromatic rings. The second-order valence-electron chi connectivity index (χ2n) is 8.35. The fourth-order valence-electron chi connectivity index (χ4n) is 4.30. The zero-order chi connectivity index (χ0) is 24.0. The van der Waals surface area contributed by atoms with Crippen molar-refractivity contribution in [3.63, 3.8) is 0 Å². The molecule has 1 aliphatic rings. The number of imide groups is 1. The molecular weight excluding hydrogens is 444 g/mol. The average molecular weight is 467 g/mol. The maximum Gasteiger partial charge on any atom is 0.265 e. The molecule has 3 amide bonds. The van der Waals surface area contributed by atoms with Gasteiger partial charge in [-0.1, -0.05) is 48.2 Å². The lowest BCUT2D eigenvalue weighted by molar-refractivity contribution is -0.114. The van der Waals surface area contributed by atoms with Gasteiger partial charge in [-0.05, 0) is 66.8 Å². The molecule has 168 valence electrons. The molecule has 34 heavy (non-hydrogen) atoms. The monoisotopic (exact) mass is 466 g/mol. The summed E-state index contributed by atoms with van der Waals surface area (Å²) in [5.74, 6) is -0.789. The summed E-state index contributed by atoms with van der Waals surface area (Å²) >= 11 is 1.49. The highest BCUT2D eigenvalue weighted by atomic mass is 32.2. The average Bonchev–Trinajstić information content (AvgIpc) is 2.81. The van der Waals surface area contributed by atoms with Crippen molar-refractivity contribution in [2.75, 3.05) is 10.2 Å². The van der Waals surface area contributed by atoms with E-state index in [-0.39, 0.29) is 17.7 Å². The minimum Gasteiger partial charge on any atom is -0.325 e. The van der Waals surface area contributed by atoms with Gasteiger partial charge in [0.15, 0.2) is 0 Å². The Balaban J connectivity index is 1.63. The first-order chi connectivity index (χ1) is 16.3. The Bertz CT molecular complexity index is 1490. The van der Waals surface area contributed by atoms with Crippen LogP contribution in [-0.4, -0.2) is 17.7 Å². The fraction of sp³-hybridized carbons (Fsp3) is 0.107. The van der Waals surface area contributed by atoms with Crippen molar-refractivity contribution in [1.82, 2.24) is 0 Å². The van der Waals surface area contributed by atoms with Gasteiger partial charge in [0.1, 0.15) is 0 Å². The van der Waals surface area contributed by atoms with E-state index < -0.39 is 0 Å². The molecule has 1 aliphatic heterocycles. The van der Waals surface area contributed by atoms with Crippen molar-refractivity contribution in [1.29, 1.82) is 0 Å². The largest absolute Gasteiger partial charge is 0.325 e. The highest BCUT2D eigenvalue weighted by Gasteiger charge is 2.35. The van der Waals surface area contributed by atoms with Crippen molar-refractivity contribution in [3.8, 4) is 0 Å². The molecule has 0 radical (unpaired) electrons. The molecular formula is C28H22N2O3S. The number of rotatable bonds is 4. The molecule has 5 nitrogen and oxygen atoms in total. The highest BCUT2D eigenvalue weighted by Crippen LogP contribution is 2.41. The van der Waals surface area contributed by atoms with E-state index >= 15 is 0 Å². The van der Waals surface area contributed by atoms with E-state index in [4.69, 9.17) is 0 Å². The Morgan fingerprint density at radius 2 is 1.56 bits per heavy atom. The third-order valence-electron chi connectivity index (χ3n) is 5.89. The first-order valence-corrected chi connectivity index (χ1v) is 11.7. The Kier molecular flexibility index (Phi) is 5.46. The number of benzene rings is 4. The van der Waals surface area contributed by atoms with Crippen LogP contribution >= 0.6 is 11.8 Å². The van der Waals surface area contributed by atoms with E-state index in [0.717, 1.165) is 26.3 Å². The summed E-state index contributed by atoms with van der Waals surface area (Å²) in [6.07, 6.45) is 0. The standard InChI is InChI=1S/C28H22N2O3S/c1-16-11-12-17(2)23(15-16)30-27(32)20-8-6-7-19-24(14-13-21(26(19)20)28(30)33)34-25-10-5-4-9-22(25)29-18(3)31/h4-15H,1-3H3,(H,29,31). The van der Waals surface area contributed by atoms with Gasteiger partial charge in [0, 0.05) is 33.2 Å². The van der Waals surface area contributed by atoms with Crippen LogP contribution in [0.4, 0.5) is 11.4 Å². The van der Waals surface area contributed by atoms with Gasteiger partial charge >= 0.3 is 0 Å². The molecule has 1 heterocycles. The van der Waals surface area contributed by atoms with Crippen LogP contribution in [0, 0.1) is 13.8 Å². The minimum absolute atomic E-state index is 0.146. The zero-order valence-electron chi connectivity index (χ0n) is 19.0. The molecule has 0 unspecified atom stereocenters. The Hall–Kier alpha value is -3.90. The van der Waals surface area contributed by atoms with E-state index in [0.29, 0.717) is 27.9 Å². The lowest BCUT2D eigenvalue weighted by Gasteiger charge is -2.29. The molecule has 0 aliphatic carbocycles. The van der Waals surface area contributed by atoms with Gasteiger partial charge in [0.05, 0.1) is 11.4 Å². The van der Waals surface area contributed by atoms with Crippen LogP contribution in [0.5, 0.6) is 0 Å². The van der Waals surface area contributed by atoms with Gasteiger partial charge < -0.3 is 5.32 Å². The van der Waals surface area contributed by atoms with Crippen LogP contribution in [0.3, 0.4) is 0 Å². The third kappa shape index (κ3) is 3.66. The molecule has 0 aromatic heterocycles. The summed E-state index contributed by atoms with van der Waals surface area (Å²) in [6, 6.07) is 22.6. The van der Waals surface area contributed by atoms with Crippen molar-refractivity contribution < 1.29 is 14.4 Å². The lowest BCUT2D eigenvalue weighted by Crippen LogP contribution is -2.40. The molecule has 4 aromatic carbocycles. The summed E-state index contributed by atoms with van der Waals surface area (Å²) in [6.45, 7) is 5.32. The van der Waals surface area contributed by atoms with Gasteiger partial charge in [-0.15, -0.1) is 0 Å². The number of carbonyl (C=O) groups excluding carboxylic acids is 3. The summed E-state index contributed by atoms with van der Waals surface area (Å²) in [4.78, 5) is 41.8. The zero-order valence-corrected chi connectivity index (χ0v) is 19.8. The molecule has 0 atom stereocenters. The normalized spacial score (nSPS) is 12.9. The van der Waals surface area contributed by atoms with Gasteiger partial charge in [-0.3, -0.25) is 14.4 Å². The topological polar surface area (TPSA) is 66.5 Å². The van der Waals surface area contributed by atoms with Crippen LogP contribution in [0.25, 0.3) is 10.8 Å². The summed E-state index contributed by atoms with van der Waals surface area (Å²) < 4.78 is 0. The second-order valence-corrected chi connectivity index (χ2v) is 9.44. The lowest BCUT2D eigenvalue weighted by atomic mass is 9.93. The van der Waals surface area contributed by atoms with E-state index in [1.165, 1.54) is 23.6 Å². The van der Waals surface area contributed by atoms with E-state index in [9.17, 15) is 14.4 Å². The van der Waals surface area contributed by atoms with Gasteiger partial charge in [0.2, 0.25) is 5.91 Å². The number of para-hydroxylation sites is 1. The van der Waals surface area contributed by atoms with Crippen molar-refractivity contribution >= 4 is 51.6 Å². The summed E-state index contributed by atoms with van der Waals surface area (Å²) in [5, 5.41) is 4.36. The van der Waals surface area contributed by atoms with Gasteiger partial charge in [0.25, 0.3) is 11.8 Å². The number of hydrogen-bond acceptors (Lipinski definition) is 4. The van der Waals surface area contributed by atoms with Crippen molar-refractivity contribution in [3.05, 3.63) is 95.1 Å². The minimum atomic E-state index is -0.322. The van der Waals surface area contributed by atoms with Crippen LogP contribution in [0.1, 0.15) is 38.8 Å². The Labute approximate surface area is 201 Å². The van der Waals surface area contributed by atoms with Crippen LogP contribution in [0.2, 0.25) is 0 Å².